The highest BCUT2D eigenvalue weighted by molar-refractivity contribution is 9.10. The van der Waals surface area contributed by atoms with Crippen LogP contribution in [0.2, 0.25) is 0 Å². The van der Waals surface area contributed by atoms with Gasteiger partial charge in [-0.15, -0.1) is 0 Å². The molecule has 0 aromatic carbocycles. The molecule has 0 bridgehead atoms. The Morgan fingerprint density at radius 2 is 2.25 bits per heavy atom. The van der Waals surface area contributed by atoms with Gasteiger partial charge >= 0.3 is 0 Å². The molecule has 0 fully saturated rings. The zero-order valence-corrected chi connectivity index (χ0v) is 12.0. The van der Waals surface area contributed by atoms with Crippen molar-refractivity contribution in [2.45, 2.75) is 59.3 Å². The first kappa shape index (κ1) is 13.7. The van der Waals surface area contributed by atoms with Crippen molar-refractivity contribution in [3.63, 3.8) is 0 Å². The van der Waals surface area contributed by atoms with Gasteiger partial charge in [0.2, 0.25) is 0 Å². The van der Waals surface area contributed by atoms with Gasteiger partial charge in [-0.3, -0.25) is 4.68 Å². The van der Waals surface area contributed by atoms with Crippen LogP contribution in [0.1, 0.15) is 45.7 Å². The first-order valence-corrected chi connectivity index (χ1v) is 6.80. The molecule has 0 spiro atoms. The van der Waals surface area contributed by atoms with Crippen molar-refractivity contribution in [2.24, 2.45) is 0 Å². The van der Waals surface area contributed by atoms with E-state index in [2.05, 4.69) is 41.8 Å². The van der Waals surface area contributed by atoms with Crippen LogP contribution in [-0.2, 0) is 17.9 Å². The first-order valence-electron chi connectivity index (χ1n) is 6.00. The van der Waals surface area contributed by atoms with E-state index in [1.807, 2.05) is 10.9 Å². The summed E-state index contributed by atoms with van der Waals surface area (Å²) in [6.45, 7) is 7.97. The Morgan fingerprint density at radius 1 is 1.50 bits per heavy atom. The molecule has 1 rings (SSSR count). The van der Waals surface area contributed by atoms with Gasteiger partial charge in [-0.05, 0) is 35.7 Å². The second-order valence-corrected chi connectivity index (χ2v) is 4.92. The standard InChI is InChI=1S/C12H21BrN2O/c1-4-6-7-15-8-11(13)12(14-15)9-16-10(3)5-2/h8,10H,4-7,9H2,1-3H3. The lowest BCUT2D eigenvalue weighted by molar-refractivity contribution is 0.0482. The fourth-order valence-corrected chi connectivity index (χ4v) is 1.74. The molecule has 3 nitrogen and oxygen atoms in total. The highest BCUT2D eigenvalue weighted by atomic mass is 79.9. The molecule has 0 radical (unpaired) electrons. The second kappa shape index (κ2) is 7.07. The average Bonchev–Trinajstić information content (AvgIpc) is 2.64. The summed E-state index contributed by atoms with van der Waals surface area (Å²) in [6, 6.07) is 0. The highest BCUT2D eigenvalue weighted by Gasteiger charge is 2.08. The van der Waals surface area contributed by atoms with Crippen LogP contribution in [0.4, 0.5) is 0 Å². The van der Waals surface area contributed by atoms with Crippen LogP contribution in [0.15, 0.2) is 10.7 Å². The molecule has 1 aromatic rings. The van der Waals surface area contributed by atoms with Gasteiger partial charge in [0.15, 0.2) is 0 Å². The summed E-state index contributed by atoms with van der Waals surface area (Å²) in [5.41, 5.74) is 0.997. The van der Waals surface area contributed by atoms with Crippen molar-refractivity contribution in [1.29, 1.82) is 0 Å². The van der Waals surface area contributed by atoms with Gasteiger partial charge in [-0.25, -0.2) is 0 Å². The summed E-state index contributed by atoms with van der Waals surface area (Å²) >= 11 is 3.52. The molecule has 1 heterocycles. The molecule has 1 aromatic heterocycles. The van der Waals surface area contributed by atoms with E-state index in [-0.39, 0.29) is 0 Å². The lowest BCUT2D eigenvalue weighted by Crippen LogP contribution is -2.07. The Labute approximate surface area is 106 Å². The Kier molecular flexibility index (Phi) is 6.06. The lowest BCUT2D eigenvalue weighted by Gasteiger charge is -2.08. The number of aryl methyl sites for hydroxylation is 1. The predicted octanol–water partition coefficient (Wildman–Crippen LogP) is 3.76. The van der Waals surface area contributed by atoms with Crippen molar-refractivity contribution < 1.29 is 4.74 Å². The molecule has 1 atom stereocenters. The largest absolute Gasteiger partial charge is 0.372 e. The van der Waals surface area contributed by atoms with Crippen LogP contribution in [-0.4, -0.2) is 15.9 Å². The molecule has 0 aliphatic heterocycles. The summed E-state index contributed by atoms with van der Waals surface area (Å²) in [4.78, 5) is 0. The number of ether oxygens (including phenoxy) is 1. The number of nitrogens with zero attached hydrogens (tertiary/aromatic N) is 2. The van der Waals surface area contributed by atoms with Gasteiger partial charge in [0.05, 0.1) is 17.2 Å². The van der Waals surface area contributed by atoms with Gasteiger partial charge in [0.1, 0.15) is 5.69 Å². The SMILES string of the molecule is CCCCn1cc(Br)c(COC(C)CC)n1. The van der Waals surface area contributed by atoms with Crippen molar-refractivity contribution in [1.82, 2.24) is 9.78 Å². The minimum atomic E-state index is 0.299. The number of hydrogen-bond donors (Lipinski definition) is 0. The maximum Gasteiger partial charge on any atom is 0.102 e. The Bertz CT molecular complexity index is 312. The Hall–Kier alpha value is -0.350. The molecule has 0 N–H and O–H groups in total. The quantitative estimate of drug-likeness (QED) is 0.764. The highest BCUT2D eigenvalue weighted by Crippen LogP contribution is 2.17. The Balaban J connectivity index is 2.49. The maximum absolute atomic E-state index is 5.67. The zero-order valence-electron chi connectivity index (χ0n) is 10.4. The minimum Gasteiger partial charge on any atom is -0.372 e. The number of hydrogen-bond acceptors (Lipinski definition) is 2. The third-order valence-corrected chi connectivity index (χ3v) is 3.27. The summed E-state index contributed by atoms with van der Waals surface area (Å²) in [5.74, 6) is 0. The van der Waals surface area contributed by atoms with E-state index in [9.17, 15) is 0 Å². The normalized spacial score (nSPS) is 13.0. The molecular weight excluding hydrogens is 268 g/mol. The third kappa shape index (κ3) is 4.26. The number of aromatic nitrogens is 2. The monoisotopic (exact) mass is 288 g/mol. The van der Waals surface area contributed by atoms with Crippen molar-refractivity contribution >= 4 is 15.9 Å². The smallest absolute Gasteiger partial charge is 0.102 e. The zero-order chi connectivity index (χ0) is 12.0. The Morgan fingerprint density at radius 3 is 2.88 bits per heavy atom. The molecule has 0 saturated heterocycles. The van der Waals surface area contributed by atoms with Crippen LogP contribution in [0.3, 0.4) is 0 Å². The molecule has 16 heavy (non-hydrogen) atoms. The lowest BCUT2D eigenvalue weighted by atomic mass is 10.3. The van der Waals surface area contributed by atoms with E-state index >= 15 is 0 Å². The van der Waals surface area contributed by atoms with E-state index < -0.39 is 0 Å². The second-order valence-electron chi connectivity index (χ2n) is 4.07. The predicted molar refractivity (Wildman–Crippen MR) is 69.4 cm³/mol. The first-order chi connectivity index (χ1) is 7.67. The molecule has 0 amide bonds. The molecule has 4 heteroatoms. The molecule has 92 valence electrons. The third-order valence-electron chi connectivity index (χ3n) is 2.61. The van der Waals surface area contributed by atoms with E-state index in [0.29, 0.717) is 12.7 Å². The molecule has 0 saturated carbocycles. The van der Waals surface area contributed by atoms with E-state index in [4.69, 9.17) is 4.74 Å². The average molecular weight is 289 g/mol. The molecule has 1 unspecified atom stereocenters. The number of rotatable bonds is 7. The molecule has 0 aliphatic carbocycles. The molecular formula is C12H21BrN2O. The van der Waals surface area contributed by atoms with Crippen molar-refractivity contribution in [3.05, 3.63) is 16.4 Å². The van der Waals surface area contributed by atoms with Crippen LogP contribution in [0.25, 0.3) is 0 Å². The number of halogens is 1. The van der Waals surface area contributed by atoms with Gasteiger partial charge in [-0.2, -0.15) is 5.10 Å². The fourth-order valence-electron chi connectivity index (χ4n) is 1.31. The van der Waals surface area contributed by atoms with Crippen LogP contribution in [0, 0.1) is 0 Å². The minimum absolute atomic E-state index is 0.299. The summed E-state index contributed by atoms with van der Waals surface area (Å²) in [7, 11) is 0. The topological polar surface area (TPSA) is 27.1 Å². The van der Waals surface area contributed by atoms with Crippen molar-refractivity contribution in [2.75, 3.05) is 0 Å². The van der Waals surface area contributed by atoms with E-state index in [1.54, 1.807) is 0 Å². The summed E-state index contributed by atoms with van der Waals surface area (Å²) in [5, 5.41) is 4.50. The van der Waals surface area contributed by atoms with Crippen LogP contribution >= 0.6 is 15.9 Å². The van der Waals surface area contributed by atoms with Gasteiger partial charge < -0.3 is 4.74 Å². The number of unbranched alkanes of at least 4 members (excludes halogenated alkanes) is 1. The van der Waals surface area contributed by atoms with Gasteiger partial charge in [0.25, 0.3) is 0 Å². The molecule has 0 aliphatic rings. The maximum atomic E-state index is 5.67. The van der Waals surface area contributed by atoms with Gasteiger partial charge in [-0.1, -0.05) is 20.3 Å². The summed E-state index contributed by atoms with van der Waals surface area (Å²) < 4.78 is 8.71. The van der Waals surface area contributed by atoms with Crippen LogP contribution in [0.5, 0.6) is 0 Å². The van der Waals surface area contributed by atoms with Crippen LogP contribution < -0.4 is 0 Å². The van der Waals surface area contributed by atoms with Gasteiger partial charge in [0, 0.05) is 12.7 Å². The fraction of sp³-hybridized carbons (Fsp3) is 0.750. The summed E-state index contributed by atoms with van der Waals surface area (Å²) in [6.07, 6.45) is 5.72. The van der Waals surface area contributed by atoms with E-state index in [1.165, 1.54) is 12.8 Å². The van der Waals surface area contributed by atoms with Crippen molar-refractivity contribution in [3.8, 4) is 0 Å². The van der Waals surface area contributed by atoms with E-state index in [0.717, 1.165) is 23.1 Å².